The monoisotopic (exact) mass is 268 g/mol. The predicted molar refractivity (Wildman–Crippen MR) is 72.8 cm³/mol. The number of nitrogens with two attached hydrogens (primary N) is 1. The van der Waals surface area contributed by atoms with E-state index in [-0.39, 0.29) is 6.04 Å². The van der Waals surface area contributed by atoms with Crippen molar-refractivity contribution >= 4 is 0 Å². The Morgan fingerprint density at radius 2 is 1.95 bits per heavy atom. The third-order valence-electron chi connectivity index (χ3n) is 3.98. The first-order valence-electron chi connectivity index (χ1n) is 7.02. The molecule has 1 aromatic carbocycles. The van der Waals surface area contributed by atoms with Crippen LogP contribution in [0.2, 0.25) is 0 Å². The zero-order valence-corrected chi connectivity index (χ0v) is 11.4. The number of rotatable bonds is 4. The summed E-state index contributed by atoms with van der Waals surface area (Å²) >= 11 is 0. The summed E-state index contributed by atoms with van der Waals surface area (Å²) in [5.41, 5.74) is 6.58. The van der Waals surface area contributed by atoms with Crippen molar-refractivity contribution in [2.45, 2.75) is 44.7 Å². The van der Waals surface area contributed by atoms with Crippen LogP contribution in [-0.2, 0) is 0 Å². The second kappa shape index (κ2) is 6.44. The summed E-state index contributed by atoms with van der Waals surface area (Å²) < 4.78 is 26.3. The van der Waals surface area contributed by atoms with Crippen LogP contribution >= 0.6 is 0 Å². The summed E-state index contributed by atoms with van der Waals surface area (Å²) in [7, 11) is 0. The highest BCUT2D eigenvalue weighted by Crippen LogP contribution is 2.21. The minimum absolute atomic E-state index is 0.306. The third kappa shape index (κ3) is 3.98. The van der Waals surface area contributed by atoms with Crippen LogP contribution in [-0.4, -0.2) is 24.0 Å². The number of likely N-dealkylation sites (tertiary alicyclic amines) is 1. The summed E-state index contributed by atoms with van der Waals surface area (Å²) in [6.07, 6.45) is 4.48. The first-order chi connectivity index (χ1) is 9.06. The summed E-state index contributed by atoms with van der Waals surface area (Å²) in [5.74, 6) is -1.12. The first kappa shape index (κ1) is 14.4. The predicted octanol–water partition coefficient (Wildman–Crippen LogP) is 3.23. The maximum absolute atomic E-state index is 13.1. The van der Waals surface area contributed by atoms with E-state index in [0.29, 0.717) is 11.6 Å². The van der Waals surface area contributed by atoms with E-state index in [0.717, 1.165) is 25.6 Å². The molecule has 1 saturated heterocycles. The highest BCUT2D eigenvalue weighted by Gasteiger charge is 2.19. The minimum atomic E-state index is -0.559. The number of hydrogen-bond donors (Lipinski definition) is 1. The zero-order valence-electron chi connectivity index (χ0n) is 11.4. The van der Waals surface area contributed by atoms with Crippen molar-refractivity contribution in [3.63, 3.8) is 0 Å². The van der Waals surface area contributed by atoms with Crippen LogP contribution in [0.3, 0.4) is 0 Å². The maximum Gasteiger partial charge on any atom is 0.126 e. The van der Waals surface area contributed by atoms with Gasteiger partial charge in [-0.05, 0) is 50.4 Å². The lowest BCUT2D eigenvalue weighted by molar-refractivity contribution is 0.155. The molecule has 1 heterocycles. The van der Waals surface area contributed by atoms with Crippen LogP contribution in [0.25, 0.3) is 0 Å². The number of halogens is 2. The first-order valence-corrected chi connectivity index (χ1v) is 7.02. The Morgan fingerprint density at radius 1 is 1.26 bits per heavy atom. The second-order valence-electron chi connectivity index (χ2n) is 5.48. The molecule has 0 amide bonds. The summed E-state index contributed by atoms with van der Waals surface area (Å²) in [5, 5.41) is 0. The Labute approximate surface area is 113 Å². The van der Waals surface area contributed by atoms with E-state index in [1.54, 1.807) is 0 Å². The average molecular weight is 268 g/mol. The highest BCUT2D eigenvalue weighted by atomic mass is 19.1. The van der Waals surface area contributed by atoms with Crippen LogP contribution in [0.4, 0.5) is 8.78 Å². The van der Waals surface area contributed by atoms with E-state index in [9.17, 15) is 8.78 Å². The topological polar surface area (TPSA) is 29.3 Å². The number of benzene rings is 1. The van der Waals surface area contributed by atoms with Crippen molar-refractivity contribution in [1.82, 2.24) is 4.90 Å². The Morgan fingerprint density at radius 3 is 2.58 bits per heavy atom. The molecule has 0 aliphatic carbocycles. The fourth-order valence-corrected chi connectivity index (χ4v) is 2.75. The van der Waals surface area contributed by atoms with Gasteiger partial charge in [-0.3, -0.25) is 0 Å². The van der Waals surface area contributed by atoms with E-state index in [1.807, 2.05) is 0 Å². The lowest BCUT2D eigenvalue weighted by Crippen LogP contribution is -2.39. The van der Waals surface area contributed by atoms with Crippen LogP contribution < -0.4 is 5.73 Å². The average Bonchev–Trinajstić information content (AvgIpc) is 2.36. The van der Waals surface area contributed by atoms with Crippen molar-refractivity contribution in [3.8, 4) is 0 Å². The van der Waals surface area contributed by atoms with Gasteiger partial charge in [0, 0.05) is 24.7 Å². The smallest absolute Gasteiger partial charge is 0.126 e. The zero-order chi connectivity index (χ0) is 13.8. The molecule has 0 bridgehead atoms. The van der Waals surface area contributed by atoms with Gasteiger partial charge in [-0.2, -0.15) is 0 Å². The second-order valence-corrected chi connectivity index (χ2v) is 5.48. The van der Waals surface area contributed by atoms with Crippen molar-refractivity contribution < 1.29 is 8.78 Å². The molecule has 0 spiro atoms. The van der Waals surface area contributed by atoms with Gasteiger partial charge in [0.05, 0.1) is 0 Å². The van der Waals surface area contributed by atoms with Gasteiger partial charge >= 0.3 is 0 Å². The van der Waals surface area contributed by atoms with E-state index >= 15 is 0 Å². The van der Waals surface area contributed by atoms with E-state index in [4.69, 9.17) is 5.73 Å². The third-order valence-corrected chi connectivity index (χ3v) is 3.98. The summed E-state index contributed by atoms with van der Waals surface area (Å²) in [4.78, 5) is 2.42. The Bertz CT molecular complexity index is 402. The van der Waals surface area contributed by atoms with E-state index < -0.39 is 11.6 Å². The van der Waals surface area contributed by atoms with Gasteiger partial charge in [-0.15, -0.1) is 0 Å². The molecule has 1 fully saturated rings. The molecule has 2 unspecified atom stereocenters. The Kier molecular flexibility index (Phi) is 4.88. The molecule has 1 aromatic rings. The highest BCUT2D eigenvalue weighted by molar-refractivity contribution is 5.21. The fourth-order valence-electron chi connectivity index (χ4n) is 2.75. The van der Waals surface area contributed by atoms with Crippen LogP contribution in [0.5, 0.6) is 0 Å². The molecular formula is C15H22F2N2. The maximum atomic E-state index is 13.1. The molecule has 2 N–H and O–H groups in total. The molecular weight excluding hydrogens is 246 g/mol. The van der Waals surface area contributed by atoms with Crippen molar-refractivity contribution in [2.24, 2.45) is 5.73 Å². The van der Waals surface area contributed by atoms with Crippen molar-refractivity contribution in [2.75, 3.05) is 13.1 Å². The molecule has 1 aliphatic heterocycles. The molecule has 0 saturated carbocycles. The summed E-state index contributed by atoms with van der Waals surface area (Å²) in [6.45, 7) is 4.22. The van der Waals surface area contributed by atoms with Crippen molar-refractivity contribution in [3.05, 3.63) is 35.4 Å². The molecule has 106 valence electrons. The molecule has 2 rings (SSSR count). The van der Waals surface area contributed by atoms with Gasteiger partial charge in [0.25, 0.3) is 0 Å². The van der Waals surface area contributed by atoms with Crippen LogP contribution in [0.1, 0.15) is 44.2 Å². The van der Waals surface area contributed by atoms with Gasteiger partial charge < -0.3 is 10.6 Å². The van der Waals surface area contributed by atoms with Gasteiger partial charge in [0.1, 0.15) is 11.6 Å². The normalized spacial score (nSPS) is 22.4. The molecule has 0 aromatic heterocycles. The fraction of sp³-hybridized carbons (Fsp3) is 0.600. The number of nitrogens with zero attached hydrogens (tertiary/aromatic N) is 1. The van der Waals surface area contributed by atoms with Gasteiger partial charge in [-0.1, -0.05) is 6.42 Å². The Balaban J connectivity index is 1.91. The largest absolute Gasteiger partial charge is 0.324 e. The lowest BCUT2D eigenvalue weighted by atomic mass is 10.0. The van der Waals surface area contributed by atoms with Gasteiger partial charge in [0.15, 0.2) is 0 Å². The standard InChI is InChI=1S/C15H22F2N2/c1-11-4-2-3-6-19(11)7-5-15(18)12-8-13(16)10-14(17)9-12/h8-11,15H,2-7,18H2,1H3. The number of hydrogen-bond acceptors (Lipinski definition) is 2. The van der Waals surface area contributed by atoms with Crippen LogP contribution in [0, 0.1) is 11.6 Å². The molecule has 0 radical (unpaired) electrons. The van der Waals surface area contributed by atoms with Gasteiger partial charge in [-0.25, -0.2) is 8.78 Å². The quantitative estimate of drug-likeness (QED) is 0.908. The summed E-state index contributed by atoms with van der Waals surface area (Å²) in [6, 6.07) is 3.81. The molecule has 19 heavy (non-hydrogen) atoms. The molecule has 2 atom stereocenters. The number of piperidine rings is 1. The van der Waals surface area contributed by atoms with Gasteiger partial charge in [0.2, 0.25) is 0 Å². The SMILES string of the molecule is CC1CCCCN1CCC(N)c1cc(F)cc(F)c1. The molecule has 1 aliphatic rings. The molecule has 2 nitrogen and oxygen atoms in total. The van der Waals surface area contributed by atoms with Crippen LogP contribution in [0.15, 0.2) is 18.2 Å². The van der Waals surface area contributed by atoms with E-state index in [1.165, 1.54) is 31.4 Å². The van der Waals surface area contributed by atoms with Crippen molar-refractivity contribution in [1.29, 1.82) is 0 Å². The van der Waals surface area contributed by atoms with E-state index in [2.05, 4.69) is 11.8 Å². The minimum Gasteiger partial charge on any atom is -0.324 e. The molecule has 4 heteroatoms. The lowest BCUT2D eigenvalue weighted by Gasteiger charge is -2.34. The Hall–Kier alpha value is -1.00.